The number of carbonyl (C=O) groups excluding carboxylic acids is 1. The number of rotatable bonds is 4. The van der Waals surface area contributed by atoms with Crippen LogP contribution in [0.3, 0.4) is 0 Å². The first-order chi connectivity index (χ1) is 9.52. The summed E-state index contributed by atoms with van der Waals surface area (Å²) in [4.78, 5) is 11.5. The molecule has 1 unspecified atom stereocenters. The fraction of sp³-hybridized carbons (Fsp3) is 0.188. The maximum absolute atomic E-state index is 11.5. The minimum atomic E-state index is -0.732. The predicted octanol–water partition coefficient (Wildman–Crippen LogP) is 3.42. The highest BCUT2D eigenvalue weighted by molar-refractivity contribution is 6.33. The molecule has 0 bridgehead atoms. The van der Waals surface area contributed by atoms with Crippen LogP contribution in [0.4, 0.5) is 0 Å². The topological polar surface area (TPSA) is 49.3 Å². The molecule has 104 valence electrons. The van der Waals surface area contributed by atoms with Crippen LogP contribution in [0.2, 0.25) is 5.02 Å². The predicted molar refractivity (Wildman–Crippen MR) is 80.9 cm³/mol. The van der Waals surface area contributed by atoms with Gasteiger partial charge in [-0.15, -0.1) is 0 Å². The summed E-state index contributed by atoms with van der Waals surface area (Å²) in [6.45, 7) is 1.52. The van der Waals surface area contributed by atoms with Gasteiger partial charge in [0.25, 0.3) is 0 Å². The van der Waals surface area contributed by atoms with Crippen LogP contribution in [0.15, 0.2) is 42.5 Å². The molecule has 3 nitrogen and oxygen atoms in total. The lowest BCUT2D eigenvalue weighted by Gasteiger charge is -2.12. The van der Waals surface area contributed by atoms with Gasteiger partial charge in [0.15, 0.2) is 5.78 Å². The molecule has 0 radical (unpaired) electrons. The van der Waals surface area contributed by atoms with E-state index in [0.717, 1.165) is 16.7 Å². The van der Waals surface area contributed by atoms with Gasteiger partial charge in [0.1, 0.15) is 6.23 Å². The molecule has 0 amide bonds. The first-order valence-corrected chi connectivity index (χ1v) is 6.67. The summed E-state index contributed by atoms with van der Waals surface area (Å²) in [6.07, 6.45) is -0.732. The first kappa shape index (κ1) is 14.7. The van der Waals surface area contributed by atoms with E-state index in [0.29, 0.717) is 10.6 Å². The zero-order valence-electron chi connectivity index (χ0n) is 11.4. The zero-order chi connectivity index (χ0) is 14.7. The maximum atomic E-state index is 11.5. The second kappa shape index (κ2) is 6.18. The number of carbonyl (C=O) groups is 1. The number of nitrogens with one attached hydrogen (secondary N) is 1. The van der Waals surface area contributed by atoms with E-state index in [9.17, 15) is 9.90 Å². The van der Waals surface area contributed by atoms with Crippen molar-refractivity contribution in [2.45, 2.75) is 13.2 Å². The molecule has 2 aromatic carbocycles. The van der Waals surface area contributed by atoms with E-state index in [4.69, 9.17) is 11.6 Å². The molecule has 0 heterocycles. The zero-order valence-corrected chi connectivity index (χ0v) is 12.1. The largest absolute Gasteiger partial charge is 0.374 e. The molecule has 0 fully saturated rings. The molecule has 2 N–H and O–H groups in total. The Morgan fingerprint density at radius 3 is 2.65 bits per heavy atom. The fourth-order valence-corrected chi connectivity index (χ4v) is 2.24. The molecule has 2 rings (SSSR count). The lowest BCUT2D eigenvalue weighted by Crippen LogP contribution is -2.15. The molecule has 2 aromatic rings. The number of halogens is 1. The average molecular weight is 290 g/mol. The smallest absolute Gasteiger partial charge is 0.159 e. The molecule has 20 heavy (non-hydrogen) atoms. The second-order valence-corrected chi connectivity index (χ2v) is 4.97. The number of aliphatic hydroxyl groups excluding tert-OH is 1. The van der Waals surface area contributed by atoms with Crippen LogP contribution in [-0.2, 0) is 0 Å². The van der Waals surface area contributed by atoms with Crippen molar-refractivity contribution in [1.29, 1.82) is 0 Å². The highest BCUT2D eigenvalue weighted by Crippen LogP contribution is 2.30. The number of Topliss-reactive ketones (excluding diaryl/α,β-unsaturated/α-hetero) is 1. The van der Waals surface area contributed by atoms with Crippen molar-refractivity contribution in [2.24, 2.45) is 0 Å². The summed E-state index contributed by atoms with van der Waals surface area (Å²) in [5.74, 6) is -0.00525. The van der Waals surface area contributed by atoms with Crippen LogP contribution in [0.1, 0.15) is 29.1 Å². The third-order valence-corrected chi connectivity index (χ3v) is 3.49. The molecule has 1 atom stereocenters. The van der Waals surface area contributed by atoms with E-state index < -0.39 is 6.23 Å². The number of aliphatic hydroxyl groups is 1. The highest BCUT2D eigenvalue weighted by Gasteiger charge is 2.10. The molecule has 0 saturated carbocycles. The van der Waals surface area contributed by atoms with E-state index in [2.05, 4.69) is 5.32 Å². The third-order valence-electron chi connectivity index (χ3n) is 3.16. The van der Waals surface area contributed by atoms with Gasteiger partial charge in [-0.3, -0.25) is 10.1 Å². The Morgan fingerprint density at radius 2 is 2.00 bits per heavy atom. The van der Waals surface area contributed by atoms with Crippen molar-refractivity contribution in [3.8, 4) is 11.1 Å². The van der Waals surface area contributed by atoms with E-state index in [-0.39, 0.29) is 5.78 Å². The average Bonchev–Trinajstić information content (AvgIpc) is 2.46. The van der Waals surface area contributed by atoms with Crippen molar-refractivity contribution in [1.82, 2.24) is 5.32 Å². The number of ketones is 1. The van der Waals surface area contributed by atoms with Crippen molar-refractivity contribution in [3.05, 3.63) is 58.6 Å². The number of benzene rings is 2. The Balaban J connectivity index is 2.50. The van der Waals surface area contributed by atoms with Crippen molar-refractivity contribution >= 4 is 17.4 Å². The molecule has 0 spiro atoms. The molecule has 4 heteroatoms. The molecular formula is C16H16ClNO2. The van der Waals surface area contributed by atoms with Gasteiger partial charge < -0.3 is 5.11 Å². The lowest BCUT2D eigenvalue weighted by molar-refractivity contribution is 0.101. The third kappa shape index (κ3) is 3.07. The van der Waals surface area contributed by atoms with Gasteiger partial charge in [0.2, 0.25) is 0 Å². The van der Waals surface area contributed by atoms with Crippen molar-refractivity contribution in [3.63, 3.8) is 0 Å². The Kier molecular flexibility index (Phi) is 4.55. The highest BCUT2D eigenvalue weighted by atomic mass is 35.5. The molecule has 0 aromatic heterocycles. The Bertz CT molecular complexity index is 640. The van der Waals surface area contributed by atoms with Gasteiger partial charge in [-0.1, -0.05) is 29.8 Å². The van der Waals surface area contributed by atoms with Crippen LogP contribution >= 0.6 is 11.6 Å². The van der Waals surface area contributed by atoms with E-state index in [1.807, 2.05) is 24.3 Å². The Morgan fingerprint density at radius 1 is 1.25 bits per heavy atom. The van der Waals surface area contributed by atoms with E-state index in [1.165, 1.54) is 6.92 Å². The minimum absolute atomic E-state index is 0.00525. The minimum Gasteiger partial charge on any atom is -0.374 e. The normalized spacial score (nSPS) is 12.2. The quantitative estimate of drug-likeness (QED) is 0.670. The standard InChI is InChI=1S/C16H16ClNO2/c1-10(19)11-6-7-15(17)14(9-11)12-4-3-5-13(8-12)16(20)18-2/h3-9,16,18,20H,1-2H3. The monoisotopic (exact) mass is 289 g/mol. The van der Waals surface area contributed by atoms with Crippen LogP contribution in [0.25, 0.3) is 11.1 Å². The summed E-state index contributed by atoms with van der Waals surface area (Å²) >= 11 is 6.21. The molecule has 0 saturated heterocycles. The molecule has 0 aliphatic heterocycles. The summed E-state index contributed by atoms with van der Waals surface area (Å²) in [7, 11) is 1.68. The maximum Gasteiger partial charge on any atom is 0.159 e. The number of hydrogen-bond donors (Lipinski definition) is 2. The van der Waals surface area contributed by atoms with Crippen molar-refractivity contribution < 1.29 is 9.90 Å². The van der Waals surface area contributed by atoms with Gasteiger partial charge in [-0.05, 0) is 49.4 Å². The molecule has 0 aliphatic rings. The van der Waals surface area contributed by atoms with Gasteiger partial charge >= 0.3 is 0 Å². The van der Waals surface area contributed by atoms with Gasteiger partial charge in [0, 0.05) is 16.1 Å². The lowest BCUT2D eigenvalue weighted by atomic mass is 9.99. The molecular weight excluding hydrogens is 274 g/mol. The Hall–Kier alpha value is -1.68. The summed E-state index contributed by atoms with van der Waals surface area (Å²) in [5, 5.41) is 13.2. The van der Waals surface area contributed by atoms with Gasteiger partial charge in [-0.25, -0.2) is 0 Å². The van der Waals surface area contributed by atoms with E-state index >= 15 is 0 Å². The first-order valence-electron chi connectivity index (χ1n) is 6.29. The van der Waals surface area contributed by atoms with Crippen molar-refractivity contribution in [2.75, 3.05) is 7.05 Å². The van der Waals surface area contributed by atoms with Gasteiger partial charge in [-0.2, -0.15) is 0 Å². The SMILES string of the molecule is CNC(O)c1cccc(-c2cc(C(C)=O)ccc2Cl)c1. The van der Waals surface area contributed by atoms with Crippen LogP contribution in [0, 0.1) is 0 Å². The summed E-state index contributed by atoms with van der Waals surface area (Å²) in [5.41, 5.74) is 3.01. The van der Waals surface area contributed by atoms with E-state index in [1.54, 1.807) is 25.2 Å². The van der Waals surface area contributed by atoms with Gasteiger partial charge in [0.05, 0.1) is 0 Å². The summed E-state index contributed by atoms with van der Waals surface area (Å²) < 4.78 is 0. The van der Waals surface area contributed by atoms with Crippen LogP contribution in [0.5, 0.6) is 0 Å². The number of hydrogen-bond acceptors (Lipinski definition) is 3. The molecule has 0 aliphatic carbocycles. The second-order valence-electron chi connectivity index (χ2n) is 4.57. The fourth-order valence-electron chi connectivity index (χ4n) is 2.01. The van der Waals surface area contributed by atoms with Crippen LogP contribution in [-0.4, -0.2) is 17.9 Å². The Labute approximate surface area is 123 Å². The summed E-state index contributed by atoms with van der Waals surface area (Å²) in [6, 6.07) is 12.6. The van der Waals surface area contributed by atoms with Crippen LogP contribution < -0.4 is 5.32 Å².